The van der Waals surface area contributed by atoms with E-state index in [0.717, 1.165) is 5.56 Å². The third-order valence-electron chi connectivity index (χ3n) is 1.85. The molecule has 0 aliphatic carbocycles. The zero-order valence-corrected chi connectivity index (χ0v) is 8.63. The van der Waals surface area contributed by atoms with E-state index in [-0.39, 0.29) is 13.2 Å². The van der Waals surface area contributed by atoms with Crippen molar-refractivity contribution in [1.29, 1.82) is 0 Å². The van der Waals surface area contributed by atoms with Crippen molar-refractivity contribution in [3.8, 4) is 0 Å². The molecule has 0 saturated carbocycles. The summed E-state index contributed by atoms with van der Waals surface area (Å²) < 4.78 is 4.80. The summed E-state index contributed by atoms with van der Waals surface area (Å²) in [4.78, 5) is 22.2. The van der Waals surface area contributed by atoms with E-state index < -0.39 is 12.0 Å². The number of carbonyl (C=O) groups is 2. The minimum absolute atomic E-state index is 0.0607. The largest absolute Gasteiger partial charge is 0.443 e. The molecular weight excluding hydrogens is 210 g/mol. The van der Waals surface area contributed by atoms with Crippen molar-refractivity contribution in [1.82, 2.24) is 5.01 Å². The number of carbonyl (C=O) groups excluding carboxylic acids is 2. The van der Waals surface area contributed by atoms with Gasteiger partial charge in [0.15, 0.2) is 0 Å². The number of benzene rings is 1. The van der Waals surface area contributed by atoms with Crippen molar-refractivity contribution in [3.05, 3.63) is 35.9 Å². The first-order valence-electron chi connectivity index (χ1n) is 4.63. The molecule has 1 aromatic carbocycles. The Morgan fingerprint density at radius 3 is 2.44 bits per heavy atom. The zero-order chi connectivity index (χ0) is 12.0. The van der Waals surface area contributed by atoms with Crippen molar-refractivity contribution >= 4 is 12.0 Å². The van der Waals surface area contributed by atoms with E-state index in [2.05, 4.69) is 0 Å². The van der Waals surface area contributed by atoms with E-state index in [1.54, 1.807) is 12.1 Å². The van der Waals surface area contributed by atoms with Crippen LogP contribution in [0.5, 0.6) is 0 Å². The molecule has 0 atom stereocenters. The highest BCUT2D eigenvalue weighted by Crippen LogP contribution is 2.01. The van der Waals surface area contributed by atoms with Gasteiger partial charge in [-0.1, -0.05) is 30.3 Å². The second kappa shape index (κ2) is 5.84. The minimum atomic E-state index is -0.917. The van der Waals surface area contributed by atoms with E-state index >= 15 is 0 Å². The molecule has 0 bridgehead atoms. The van der Waals surface area contributed by atoms with E-state index in [9.17, 15) is 9.59 Å². The molecule has 0 radical (unpaired) electrons. The van der Waals surface area contributed by atoms with E-state index in [0.29, 0.717) is 5.01 Å². The standard InChI is InChI=1S/C10H13N3O3/c11-6-9(14)13(12)10(15)16-7-8-4-2-1-3-5-8/h1-5H,6-7,11-12H2. The van der Waals surface area contributed by atoms with Gasteiger partial charge >= 0.3 is 6.09 Å². The topological polar surface area (TPSA) is 98.7 Å². The normalized spacial score (nSPS) is 9.62. The summed E-state index contributed by atoms with van der Waals surface area (Å²) >= 11 is 0. The number of ether oxygens (including phenoxy) is 1. The quantitative estimate of drug-likeness (QED) is 0.426. The van der Waals surface area contributed by atoms with Gasteiger partial charge in [0.2, 0.25) is 0 Å². The molecule has 16 heavy (non-hydrogen) atoms. The fraction of sp³-hybridized carbons (Fsp3) is 0.200. The molecule has 6 nitrogen and oxygen atoms in total. The molecule has 0 saturated heterocycles. The van der Waals surface area contributed by atoms with Gasteiger partial charge in [-0.15, -0.1) is 0 Å². The average molecular weight is 223 g/mol. The highest BCUT2D eigenvalue weighted by molar-refractivity contribution is 5.92. The monoisotopic (exact) mass is 223 g/mol. The summed E-state index contributed by atoms with van der Waals surface area (Å²) in [6, 6.07) is 9.05. The number of rotatable bonds is 3. The van der Waals surface area contributed by atoms with Crippen LogP contribution in [-0.4, -0.2) is 23.6 Å². The highest BCUT2D eigenvalue weighted by atomic mass is 16.6. The molecule has 0 spiro atoms. The lowest BCUT2D eigenvalue weighted by molar-refractivity contribution is -0.128. The van der Waals surface area contributed by atoms with Crippen LogP contribution in [0.2, 0.25) is 0 Å². The van der Waals surface area contributed by atoms with Crippen molar-refractivity contribution in [2.24, 2.45) is 11.6 Å². The Hall–Kier alpha value is -1.92. The Kier molecular flexibility index (Phi) is 4.43. The Bertz CT molecular complexity index is 367. The number of imide groups is 1. The van der Waals surface area contributed by atoms with Gasteiger partial charge < -0.3 is 10.5 Å². The van der Waals surface area contributed by atoms with Crippen molar-refractivity contribution < 1.29 is 14.3 Å². The maximum atomic E-state index is 11.2. The summed E-state index contributed by atoms with van der Waals surface area (Å²) in [5.74, 6) is 4.47. The lowest BCUT2D eigenvalue weighted by Gasteiger charge is -2.13. The number of nitrogens with two attached hydrogens (primary N) is 2. The first-order valence-corrected chi connectivity index (χ1v) is 4.63. The molecule has 86 valence electrons. The SMILES string of the molecule is NCC(=O)N(N)C(=O)OCc1ccccc1. The molecule has 1 aromatic rings. The lowest BCUT2D eigenvalue weighted by Crippen LogP contribution is -2.45. The summed E-state index contributed by atoms with van der Waals surface area (Å²) in [5.41, 5.74) is 5.85. The summed E-state index contributed by atoms with van der Waals surface area (Å²) in [5, 5.41) is 0.364. The molecule has 6 heteroatoms. The molecule has 0 unspecified atom stereocenters. The minimum Gasteiger partial charge on any atom is -0.443 e. The summed E-state index contributed by atoms with van der Waals surface area (Å²) in [6.45, 7) is -0.276. The first-order chi connectivity index (χ1) is 7.65. The van der Waals surface area contributed by atoms with Gasteiger partial charge in [-0.05, 0) is 5.56 Å². The molecule has 0 aliphatic rings. The molecule has 0 fully saturated rings. The molecule has 0 aromatic heterocycles. The Balaban J connectivity index is 2.44. The van der Waals surface area contributed by atoms with Crippen LogP contribution in [-0.2, 0) is 16.1 Å². The summed E-state index contributed by atoms with van der Waals surface area (Å²) in [6.07, 6.45) is -0.917. The van der Waals surface area contributed by atoms with Crippen LogP contribution in [0.15, 0.2) is 30.3 Å². The maximum absolute atomic E-state index is 11.2. The number of amides is 2. The van der Waals surface area contributed by atoms with Gasteiger partial charge in [0, 0.05) is 0 Å². The Morgan fingerprint density at radius 2 is 1.88 bits per heavy atom. The Labute approximate surface area is 92.7 Å². The van der Waals surface area contributed by atoms with Gasteiger partial charge in [0.25, 0.3) is 5.91 Å². The summed E-state index contributed by atoms with van der Waals surface area (Å²) in [7, 11) is 0. The van der Waals surface area contributed by atoms with Crippen molar-refractivity contribution in [2.75, 3.05) is 6.54 Å². The second-order valence-electron chi connectivity index (χ2n) is 3.01. The van der Waals surface area contributed by atoms with E-state index in [4.69, 9.17) is 16.3 Å². The molecule has 0 aliphatic heterocycles. The van der Waals surface area contributed by atoms with E-state index in [1.165, 1.54) is 0 Å². The average Bonchev–Trinajstić information content (AvgIpc) is 2.35. The molecule has 0 heterocycles. The van der Waals surface area contributed by atoms with Gasteiger partial charge in [0.1, 0.15) is 6.61 Å². The number of hydrazine groups is 1. The fourth-order valence-electron chi connectivity index (χ4n) is 0.989. The van der Waals surface area contributed by atoms with Crippen LogP contribution in [0.3, 0.4) is 0 Å². The van der Waals surface area contributed by atoms with Gasteiger partial charge in [0.05, 0.1) is 6.54 Å². The van der Waals surface area contributed by atoms with Gasteiger partial charge in [-0.2, -0.15) is 5.01 Å². The smallest absolute Gasteiger partial charge is 0.431 e. The highest BCUT2D eigenvalue weighted by Gasteiger charge is 2.17. The number of hydrogen-bond donors (Lipinski definition) is 2. The maximum Gasteiger partial charge on any atom is 0.431 e. The Morgan fingerprint density at radius 1 is 1.25 bits per heavy atom. The predicted molar refractivity (Wildman–Crippen MR) is 56.7 cm³/mol. The van der Waals surface area contributed by atoms with Crippen LogP contribution in [0.25, 0.3) is 0 Å². The predicted octanol–water partition coefficient (Wildman–Crippen LogP) is -0.0158. The molecular formula is C10H13N3O3. The van der Waals surface area contributed by atoms with Crippen LogP contribution in [0.4, 0.5) is 4.79 Å². The van der Waals surface area contributed by atoms with Crippen molar-refractivity contribution in [2.45, 2.75) is 6.61 Å². The zero-order valence-electron chi connectivity index (χ0n) is 8.63. The number of hydrogen-bond acceptors (Lipinski definition) is 5. The van der Waals surface area contributed by atoms with Crippen LogP contribution in [0.1, 0.15) is 5.56 Å². The van der Waals surface area contributed by atoms with Crippen molar-refractivity contribution in [3.63, 3.8) is 0 Å². The third-order valence-corrected chi connectivity index (χ3v) is 1.85. The van der Waals surface area contributed by atoms with Crippen LogP contribution >= 0.6 is 0 Å². The van der Waals surface area contributed by atoms with Crippen LogP contribution in [0, 0.1) is 0 Å². The molecule has 2 amide bonds. The molecule has 1 rings (SSSR count). The number of nitrogens with zero attached hydrogens (tertiary/aromatic N) is 1. The van der Waals surface area contributed by atoms with Gasteiger partial charge in [-0.25, -0.2) is 10.6 Å². The second-order valence-corrected chi connectivity index (χ2v) is 3.01. The molecule has 4 N–H and O–H groups in total. The first kappa shape index (κ1) is 12.2. The fourth-order valence-corrected chi connectivity index (χ4v) is 0.989. The van der Waals surface area contributed by atoms with Gasteiger partial charge in [-0.3, -0.25) is 4.79 Å². The lowest BCUT2D eigenvalue weighted by atomic mass is 10.2. The van der Waals surface area contributed by atoms with E-state index in [1.807, 2.05) is 18.2 Å². The third kappa shape index (κ3) is 3.34. The van der Waals surface area contributed by atoms with Crippen LogP contribution < -0.4 is 11.6 Å².